The topological polar surface area (TPSA) is 21.9 Å². The van der Waals surface area contributed by atoms with E-state index >= 15 is 0 Å². The minimum absolute atomic E-state index is 1.07. The Kier molecular flexibility index (Phi) is 7.54. The van der Waals surface area contributed by atoms with Crippen LogP contribution in [0, 0.1) is 0 Å². The van der Waals surface area contributed by atoms with Gasteiger partial charge in [-0.15, -0.1) is 0 Å². The zero-order chi connectivity index (χ0) is 38.9. The number of nitrogens with zero attached hydrogens (tertiary/aromatic N) is 2. The highest BCUT2D eigenvalue weighted by atomic mass is 15.0. The van der Waals surface area contributed by atoms with Crippen LogP contribution in [0.2, 0.25) is 0 Å². The molecule has 0 radical (unpaired) electrons. The van der Waals surface area contributed by atoms with E-state index in [4.69, 9.17) is 0 Å². The highest BCUT2D eigenvalue weighted by molar-refractivity contribution is 6.24. The van der Waals surface area contributed by atoms with Crippen molar-refractivity contribution in [1.29, 1.82) is 0 Å². The Morgan fingerprint density at radius 2 is 0.881 bits per heavy atom. The Bertz CT molecular complexity index is 3580. The van der Waals surface area contributed by atoms with Gasteiger partial charge in [0.15, 0.2) is 0 Å². The lowest BCUT2D eigenvalue weighted by atomic mass is 9.96. The second-order valence-electron chi connectivity index (χ2n) is 15.5. The third-order valence-electron chi connectivity index (χ3n) is 12.0. The molecule has 0 fully saturated rings. The van der Waals surface area contributed by atoms with Crippen LogP contribution >= 0.6 is 0 Å². The molecule has 3 heteroatoms. The van der Waals surface area contributed by atoms with Gasteiger partial charge in [-0.3, -0.25) is 0 Å². The molecule has 0 amide bonds. The largest absolute Gasteiger partial charge is 0.355 e. The van der Waals surface area contributed by atoms with Gasteiger partial charge in [0.1, 0.15) is 0 Å². The summed E-state index contributed by atoms with van der Waals surface area (Å²) in [5.74, 6) is 0. The Labute approximate surface area is 341 Å². The summed E-state index contributed by atoms with van der Waals surface area (Å²) in [7, 11) is 0. The zero-order valence-electron chi connectivity index (χ0n) is 32.2. The fourth-order valence-corrected chi connectivity index (χ4v) is 9.27. The molecule has 0 saturated carbocycles. The number of aromatic nitrogens is 2. The number of hydrogen-bond donors (Lipinski definition) is 1. The number of benzene rings is 10. The molecule has 0 aliphatic rings. The van der Waals surface area contributed by atoms with Crippen LogP contribution in [0.25, 0.3) is 98.8 Å². The van der Waals surface area contributed by atoms with Crippen LogP contribution in [-0.2, 0) is 0 Å². The van der Waals surface area contributed by atoms with Crippen LogP contribution in [0.4, 0.5) is 11.4 Å². The third-order valence-corrected chi connectivity index (χ3v) is 12.0. The summed E-state index contributed by atoms with van der Waals surface area (Å²) in [6, 6.07) is 79.4. The maximum absolute atomic E-state index is 3.77. The van der Waals surface area contributed by atoms with Crippen LogP contribution in [0.5, 0.6) is 0 Å². The molecule has 276 valence electrons. The van der Waals surface area contributed by atoms with Gasteiger partial charge in [-0.05, 0) is 105 Å². The van der Waals surface area contributed by atoms with E-state index in [-0.39, 0.29) is 0 Å². The molecule has 3 nitrogen and oxygen atoms in total. The monoisotopic (exact) mass is 751 g/mol. The summed E-state index contributed by atoms with van der Waals surface area (Å²) >= 11 is 0. The number of fused-ring (bicyclic) bond motifs is 9. The lowest BCUT2D eigenvalue weighted by Gasteiger charge is -2.15. The van der Waals surface area contributed by atoms with Crippen LogP contribution in [0.3, 0.4) is 0 Å². The van der Waals surface area contributed by atoms with Crippen LogP contribution in [-0.4, -0.2) is 9.13 Å². The van der Waals surface area contributed by atoms with E-state index in [9.17, 15) is 0 Å². The van der Waals surface area contributed by atoms with Gasteiger partial charge in [0.25, 0.3) is 0 Å². The molecular weight excluding hydrogens is 715 g/mol. The average Bonchev–Trinajstić information content (AvgIpc) is 3.82. The van der Waals surface area contributed by atoms with Crippen molar-refractivity contribution in [1.82, 2.24) is 9.13 Å². The molecule has 59 heavy (non-hydrogen) atoms. The van der Waals surface area contributed by atoms with Gasteiger partial charge in [-0.25, -0.2) is 0 Å². The van der Waals surface area contributed by atoms with Crippen molar-refractivity contribution in [2.24, 2.45) is 0 Å². The van der Waals surface area contributed by atoms with Gasteiger partial charge in [0, 0.05) is 49.9 Å². The standard InChI is InChI=1S/C56H37N3/c1-3-15-39(16-4-1)50-35-42(25-31-52(50)57-44-27-23-37-13-7-9-17-40(37)33-44)43-26-32-54-51(36-43)49-30-29-48-47-21-11-12-22-53(47)58(45-19-5-2-6-20-45)55(48)56(49)59(54)46-28-24-38-14-8-10-18-41(38)34-46/h1-36,57H. The van der Waals surface area contributed by atoms with Gasteiger partial charge in [-0.1, -0.05) is 152 Å². The highest BCUT2D eigenvalue weighted by Crippen LogP contribution is 2.44. The maximum Gasteiger partial charge on any atom is 0.0788 e. The Morgan fingerprint density at radius 1 is 0.305 bits per heavy atom. The van der Waals surface area contributed by atoms with E-state index in [1.807, 2.05) is 0 Å². The maximum atomic E-state index is 3.77. The van der Waals surface area contributed by atoms with Gasteiger partial charge in [0.05, 0.1) is 22.1 Å². The fraction of sp³-hybridized carbons (Fsp3) is 0. The third kappa shape index (κ3) is 5.44. The molecule has 0 atom stereocenters. The van der Waals surface area contributed by atoms with Gasteiger partial charge in [0.2, 0.25) is 0 Å². The molecule has 0 aliphatic heterocycles. The number of anilines is 2. The minimum Gasteiger partial charge on any atom is -0.355 e. The van der Waals surface area contributed by atoms with Crippen molar-refractivity contribution >= 4 is 76.5 Å². The molecule has 0 saturated heterocycles. The molecule has 12 aromatic rings. The normalized spacial score (nSPS) is 11.7. The number of nitrogens with one attached hydrogen (secondary N) is 1. The molecule has 12 rings (SSSR count). The smallest absolute Gasteiger partial charge is 0.0788 e. The molecule has 2 aromatic heterocycles. The first kappa shape index (κ1) is 33.3. The number of para-hydroxylation sites is 2. The van der Waals surface area contributed by atoms with Crippen LogP contribution in [0.1, 0.15) is 0 Å². The van der Waals surface area contributed by atoms with Crippen LogP contribution < -0.4 is 5.32 Å². The summed E-state index contributed by atoms with van der Waals surface area (Å²) in [5, 5.41) is 13.6. The predicted octanol–water partition coefficient (Wildman–Crippen LogP) is 15.3. The molecule has 2 heterocycles. The summed E-state index contributed by atoms with van der Waals surface area (Å²) < 4.78 is 4.95. The SMILES string of the molecule is c1ccc(-c2cc(-c3ccc4c(c3)c3ccc5c6ccccc6n(-c6ccccc6)c5c3n4-c3ccc4ccccc4c3)ccc2Nc2ccc3ccccc3c2)cc1. The van der Waals surface area contributed by atoms with Crippen molar-refractivity contribution in [3.8, 4) is 33.6 Å². The van der Waals surface area contributed by atoms with Crippen molar-refractivity contribution in [2.75, 3.05) is 5.32 Å². The van der Waals surface area contributed by atoms with Crippen molar-refractivity contribution in [3.05, 3.63) is 218 Å². The second-order valence-corrected chi connectivity index (χ2v) is 15.5. The van der Waals surface area contributed by atoms with Gasteiger partial charge < -0.3 is 14.5 Å². The Balaban J connectivity index is 1.10. The van der Waals surface area contributed by atoms with E-state index < -0.39 is 0 Å². The van der Waals surface area contributed by atoms with E-state index in [2.05, 4.69) is 233 Å². The summed E-state index contributed by atoms with van der Waals surface area (Å²) in [6.07, 6.45) is 0. The lowest BCUT2D eigenvalue weighted by Crippen LogP contribution is -1.98. The zero-order valence-corrected chi connectivity index (χ0v) is 32.2. The minimum atomic E-state index is 1.07. The van der Waals surface area contributed by atoms with E-state index in [1.165, 1.54) is 81.8 Å². The van der Waals surface area contributed by atoms with Gasteiger partial charge in [-0.2, -0.15) is 0 Å². The van der Waals surface area contributed by atoms with Gasteiger partial charge >= 0.3 is 0 Å². The lowest BCUT2D eigenvalue weighted by molar-refractivity contribution is 1.15. The van der Waals surface area contributed by atoms with Crippen molar-refractivity contribution in [2.45, 2.75) is 0 Å². The summed E-state index contributed by atoms with van der Waals surface area (Å²) in [6.45, 7) is 0. The van der Waals surface area contributed by atoms with Crippen LogP contribution in [0.15, 0.2) is 218 Å². The molecule has 10 aromatic carbocycles. The Hall–Kier alpha value is -7.88. The second kappa shape index (κ2) is 13.4. The first-order valence-corrected chi connectivity index (χ1v) is 20.3. The van der Waals surface area contributed by atoms with E-state index in [1.54, 1.807) is 0 Å². The molecule has 0 spiro atoms. The first-order valence-electron chi connectivity index (χ1n) is 20.3. The molecule has 1 N–H and O–H groups in total. The molecule has 0 aliphatic carbocycles. The van der Waals surface area contributed by atoms with E-state index in [0.29, 0.717) is 0 Å². The molecule has 0 unspecified atom stereocenters. The number of hydrogen-bond acceptors (Lipinski definition) is 1. The summed E-state index contributed by atoms with van der Waals surface area (Å²) in [4.78, 5) is 0. The predicted molar refractivity (Wildman–Crippen MR) is 251 cm³/mol. The average molecular weight is 752 g/mol. The molecular formula is C56H37N3. The van der Waals surface area contributed by atoms with E-state index in [0.717, 1.165) is 28.3 Å². The van der Waals surface area contributed by atoms with Crippen molar-refractivity contribution in [3.63, 3.8) is 0 Å². The highest BCUT2D eigenvalue weighted by Gasteiger charge is 2.22. The van der Waals surface area contributed by atoms with Crippen molar-refractivity contribution < 1.29 is 0 Å². The fourth-order valence-electron chi connectivity index (χ4n) is 9.27. The Morgan fingerprint density at radius 3 is 1.66 bits per heavy atom. The summed E-state index contributed by atoms with van der Waals surface area (Å²) in [5.41, 5.74) is 13.9. The molecule has 0 bridgehead atoms. The number of rotatable bonds is 6. The first-order chi connectivity index (χ1) is 29.2. The quantitative estimate of drug-likeness (QED) is 0.180.